The molecule has 1 aliphatic rings. The van der Waals surface area contributed by atoms with E-state index in [1.807, 2.05) is 12.1 Å². The fourth-order valence-corrected chi connectivity index (χ4v) is 2.54. The van der Waals surface area contributed by atoms with Crippen molar-refractivity contribution in [3.63, 3.8) is 0 Å². The SMILES string of the molecule is CC(C)N1CCCc2ccc(C(=O)/C=C/C(=O)O)cc21. The van der Waals surface area contributed by atoms with Crippen molar-refractivity contribution in [3.05, 3.63) is 41.5 Å². The van der Waals surface area contributed by atoms with Crippen LogP contribution in [-0.2, 0) is 11.2 Å². The summed E-state index contributed by atoms with van der Waals surface area (Å²) in [6.45, 7) is 5.26. The Morgan fingerprint density at radius 3 is 2.70 bits per heavy atom. The van der Waals surface area contributed by atoms with Crippen molar-refractivity contribution in [2.45, 2.75) is 32.7 Å². The molecule has 0 saturated heterocycles. The zero-order valence-corrected chi connectivity index (χ0v) is 11.8. The highest BCUT2D eigenvalue weighted by molar-refractivity contribution is 6.07. The molecule has 4 heteroatoms. The van der Waals surface area contributed by atoms with Gasteiger partial charge in [0, 0.05) is 29.9 Å². The minimum Gasteiger partial charge on any atom is -0.478 e. The molecule has 4 nitrogen and oxygen atoms in total. The van der Waals surface area contributed by atoms with Gasteiger partial charge in [-0.2, -0.15) is 0 Å². The van der Waals surface area contributed by atoms with Crippen molar-refractivity contribution in [1.82, 2.24) is 0 Å². The molecule has 0 aliphatic carbocycles. The van der Waals surface area contributed by atoms with Crippen LogP contribution in [-0.4, -0.2) is 29.4 Å². The lowest BCUT2D eigenvalue weighted by Gasteiger charge is -2.35. The monoisotopic (exact) mass is 273 g/mol. The van der Waals surface area contributed by atoms with Crippen LogP contribution in [0.25, 0.3) is 0 Å². The highest BCUT2D eigenvalue weighted by atomic mass is 16.4. The van der Waals surface area contributed by atoms with E-state index in [-0.39, 0.29) is 5.78 Å². The summed E-state index contributed by atoms with van der Waals surface area (Å²) >= 11 is 0. The maximum absolute atomic E-state index is 11.9. The third kappa shape index (κ3) is 3.07. The number of rotatable bonds is 4. The Morgan fingerprint density at radius 2 is 2.05 bits per heavy atom. The molecule has 106 valence electrons. The molecule has 0 spiro atoms. The average Bonchev–Trinajstić information content (AvgIpc) is 2.43. The van der Waals surface area contributed by atoms with Gasteiger partial charge in [-0.3, -0.25) is 4.79 Å². The summed E-state index contributed by atoms with van der Waals surface area (Å²) in [6, 6.07) is 6.01. The third-order valence-electron chi connectivity index (χ3n) is 3.53. The predicted molar refractivity (Wildman–Crippen MR) is 78.4 cm³/mol. The van der Waals surface area contributed by atoms with E-state index in [1.54, 1.807) is 6.07 Å². The van der Waals surface area contributed by atoms with Crippen molar-refractivity contribution in [3.8, 4) is 0 Å². The molecule has 0 bridgehead atoms. The fraction of sp³-hybridized carbons (Fsp3) is 0.375. The zero-order chi connectivity index (χ0) is 14.7. The molecule has 1 aromatic rings. The normalized spacial score (nSPS) is 14.7. The molecule has 2 rings (SSSR count). The number of benzene rings is 1. The molecule has 0 aromatic heterocycles. The van der Waals surface area contributed by atoms with E-state index in [4.69, 9.17) is 5.11 Å². The van der Waals surface area contributed by atoms with Crippen LogP contribution in [0.5, 0.6) is 0 Å². The van der Waals surface area contributed by atoms with Crippen LogP contribution in [0.4, 0.5) is 5.69 Å². The van der Waals surface area contributed by atoms with Crippen LogP contribution in [0.15, 0.2) is 30.4 Å². The van der Waals surface area contributed by atoms with Crippen molar-refractivity contribution in [1.29, 1.82) is 0 Å². The van der Waals surface area contributed by atoms with Gasteiger partial charge in [0.15, 0.2) is 5.78 Å². The van der Waals surface area contributed by atoms with Gasteiger partial charge in [-0.1, -0.05) is 12.1 Å². The number of carboxylic acids is 1. The molecule has 1 heterocycles. The van der Waals surface area contributed by atoms with Gasteiger partial charge in [0.25, 0.3) is 0 Å². The molecule has 0 fully saturated rings. The molecule has 0 unspecified atom stereocenters. The minimum absolute atomic E-state index is 0.274. The predicted octanol–water partition coefficient (Wildman–Crippen LogP) is 2.67. The summed E-state index contributed by atoms with van der Waals surface area (Å²) in [7, 11) is 0. The summed E-state index contributed by atoms with van der Waals surface area (Å²) < 4.78 is 0. The zero-order valence-electron chi connectivity index (χ0n) is 11.8. The number of carboxylic acid groups (broad SMARTS) is 1. The Labute approximate surface area is 118 Å². The van der Waals surface area contributed by atoms with Gasteiger partial charge in [0.05, 0.1) is 0 Å². The summed E-state index contributed by atoms with van der Waals surface area (Å²) in [5.74, 6) is -1.38. The van der Waals surface area contributed by atoms with Crippen molar-refractivity contribution in [2.75, 3.05) is 11.4 Å². The van der Waals surface area contributed by atoms with E-state index in [1.165, 1.54) is 5.56 Å². The Balaban J connectivity index is 2.32. The molecular weight excluding hydrogens is 254 g/mol. The Kier molecular flexibility index (Phi) is 4.23. The lowest BCUT2D eigenvalue weighted by Crippen LogP contribution is -2.35. The summed E-state index contributed by atoms with van der Waals surface area (Å²) in [4.78, 5) is 24.7. The molecule has 1 aliphatic heterocycles. The first-order chi connectivity index (χ1) is 9.49. The number of carbonyl (C=O) groups excluding carboxylic acids is 1. The molecule has 20 heavy (non-hydrogen) atoms. The fourth-order valence-electron chi connectivity index (χ4n) is 2.54. The highest BCUT2D eigenvalue weighted by Crippen LogP contribution is 2.29. The number of fused-ring (bicyclic) bond motifs is 1. The minimum atomic E-state index is -1.11. The molecule has 0 saturated carbocycles. The molecular formula is C16H19NO3. The van der Waals surface area contributed by atoms with Crippen LogP contribution < -0.4 is 4.90 Å². The molecule has 0 radical (unpaired) electrons. The van der Waals surface area contributed by atoms with E-state index in [0.717, 1.165) is 37.2 Å². The van der Waals surface area contributed by atoms with Crippen molar-refractivity contribution < 1.29 is 14.7 Å². The number of aryl methyl sites for hydroxylation is 1. The van der Waals surface area contributed by atoms with Gasteiger partial charge in [0.1, 0.15) is 0 Å². The van der Waals surface area contributed by atoms with Crippen LogP contribution in [0.3, 0.4) is 0 Å². The molecule has 1 aromatic carbocycles. The maximum atomic E-state index is 11.9. The quantitative estimate of drug-likeness (QED) is 0.677. The number of hydrogen-bond acceptors (Lipinski definition) is 3. The number of hydrogen-bond donors (Lipinski definition) is 1. The first-order valence-corrected chi connectivity index (χ1v) is 6.84. The number of nitrogens with zero attached hydrogens (tertiary/aromatic N) is 1. The maximum Gasteiger partial charge on any atom is 0.328 e. The Hall–Kier alpha value is -2.10. The van der Waals surface area contributed by atoms with Crippen molar-refractivity contribution >= 4 is 17.4 Å². The van der Waals surface area contributed by atoms with Gasteiger partial charge >= 0.3 is 5.97 Å². The molecule has 0 amide bonds. The number of anilines is 1. The second-order valence-electron chi connectivity index (χ2n) is 5.27. The number of allylic oxidation sites excluding steroid dienone is 1. The average molecular weight is 273 g/mol. The highest BCUT2D eigenvalue weighted by Gasteiger charge is 2.20. The van der Waals surface area contributed by atoms with Gasteiger partial charge in [0.2, 0.25) is 0 Å². The van der Waals surface area contributed by atoms with Crippen LogP contribution in [0.2, 0.25) is 0 Å². The van der Waals surface area contributed by atoms with E-state index in [0.29, 0.717) is 11.6 Å². The second kappa shape index (κ2) is 5.90. The van der Waals surface area contributed by atoms with E-state index in [2.05, 4.69) is 18.7 Å². The second-order valence-corrected chi connectivity index (χ2v) is 5.27. The van der Waals surface area contributed by atoms with Crippen molar-refractivity contribution in [2.24, 2.45) is 0 Å². The van der Waals surface area contributed by atoms with Gasteiger partial charge < -0.3 is 10.0 Å². The van der Waals surface area contributed by atoms with Crippen LogP contribution >= 0.6 is 0 Å². The van der Waals surface area contributed by atoms with E-state index in [9.17, 15) is 9.59 Å². The number of aliphatic carboxylic acids is 1. The van der Waals surface area contributed by atoms with Gasteiger partial charge in [-0.25, -0.2) is 4.79 Å². The lowest BCUT2D eigenvalue weighted by atomic mass is 9.97. The van der Waals surface area contributed by atoms with E-state index < -0.39 is 5.97 Å². The van der Waals surface area contributed by atoms with Crippen LogP contribution in [0, 0.1) is 0 Å². The summed E-state index contributed by atoms with van der Waals surface area (Å²) in [5, 5.41) is 8.57. The summed E-state index contributed by atoms with van der Waals surface area (Å²) in [5.41, 5.74) is 2.89. The Bertz CT molecular complexity index is 561. The summed E-state index contributed by atoms with van der Waals surface area (Å²) in [6.07, 6.45) is 4.13. The number of carbonyl (C=O) groups is 2. The standard InChI is InChI=1S/C16H19NO3/c1-11(2)17-9-3-4-12-5-6-13(10-14(12)17)15(18)7-8-16(19)20/h5-8,10-11H,3-4,9H2,1-2H3,(H,19,20)/b8-7+. The van der Waals surface area contributed by atoms with Gasteiger partial charge in [-0.05, 0) is 44.4 Å². The molecule has 1 N–H and O–H groups in total. The number of ketones is 1. The topological polar surface area (TPSA) is 57.6 Å². The Morgan fingerprint density at radius 1 is 1.30 bits per heavy atom. The van der Waals surface area contributed by atoms with Crippen LogP contribution in [0.1, 0.15) is 36.2 Å². The largest absolute Gasteiger partial charge is 0.478 e. The smallest absolute Gasteiger partial charge is 0.328 e. The van der Waals surface area contributed by atoms with Gasteiger partial charge in [-0.15, -0.1) is 0 Å². The first kappa shape index (κ1) is 14.3. The van der Waals surface area contributed by atoms with E-state index >= 15 is 0 Å². The third-order valence-corrected chi connectivity index (χ3v) is 3.53. The lowest BCUT2D eigenvalue weighted by molar-refractivity contribution is -0.131. The first-order valence-electron chi connectivity index (χ1n) is 6.84. The molecule has 0 atom stereocenters.